The molecule has 0 spiro atoms. The van der Waals surface area contributed by atoms with Gasteiger partial charge in [-0.3, -0.25) is 14.2 Å². The minimum Gasteiger partial charge on any atom is -0.350 e. The number of fused-ring (bicyclic) bond motifs is 1. The van der Waals surface area contributed by atoms with E-state index in [4.69, 9.17) is 16.1 Å². The fourth-order valence-corrected chi connectivity index (χ4v) is 2.93. The Bertz CT molecular complexity index is 1180. The lowest BCUT2D eigenvalue weighted by molar-refractivity contribution is -0.121. The normalized spacial score (nSPS) is 10.9. The first-order chi connectivity index (χ1) is 13.6. The molecule has 2 aromatic carbocycles. The Morgan fingerprint density at radius 2 is 1.86 bits per heavy atom. The van der Waals surface area contributed by atoms with E-state index < -0.39 is 5.56 Å². The molecule has 140 valence electrons. The van der Waals surface area contributed by atoms with Crippen LogP contribution in [0.3, 0.4) is 0 Å². The summed E-state index contributed by atoms with van der Waals surface area (Å²) in [5, 5.41) is 7.54. The van der Waals surface area contributed by atoms with Gasteiger partial charge in [-0.15, -0.1) is 0 Å². The third-order valence-corrected chi connectivity index (χ3v) is 4.48. The summed E-state index contributed by atoms with van der Waals surface area (Å²) in [6, 6.07) is 16.4. The van der Waals surface area contributed by atoms with Crippen molar-refractivity contribution in [2.45, 2.75) is 13.1 Å². The molecular formula is C20H15ClN4O3. The number of rotatable bonds is 5. The summed E-state index contributed by atoms with van der Waals surface area (Å²) in [4.78, 5) is 29.2. The van der Waals surface area contributed by atoms with Crippen LogP contribution in [0.25, 0.3) is 22.4 Å². The maximum Gasteiger partial charge on any atom is 0.267 e. The second-order valence-electron chi connectivity index (χ2n) is 6.16. The van der Waals surface area contributed by atoms with Crippen molar-refractivity contribution in [1.82, 2.24) is 20.0 Å². The fourth-order valence-electron chi connectivity index (χ4n) is 2.81. The van der Waals surface area contributed by atoms with E-state index in [1.165, 1.54) is 10.9 Å². The van der Waals surface area contributed by atoms with E-state index in [2.05, 4.69) is 15.5 Å². The zero-order valence-corrected chi connectivity index (χ0v) is 15.4. The summed E-state index contributed by atoms with van der Waals surface area (Å²) >= 11 is 5.91. The summed E-state index contributed by atoms with van der Waals surface area (Å²) in [5.74, 6) is -0.295. The SMILES string of the molecule is O=C(Cn1cnc2onc(-c3ccc(Cl)cc3)c2c1=O)NCc1ccccc1. The maximum atomic E-state index is 12.9. The Labute approximate surface area is 164 Å². The predicted octanol–water partition coefficient (Wildman–Crippen LogP) is 3.02. The molecule has 2 aromatic heterocycles. The van der Waals surface area contributed by atoms with E-state index in [1.807, 2.05) is 30.3 Å². The van der Waals surface area contributed by atoms with Crippen molar-refractivity contribution in [3.63, 3.8) is 0 Å². The van der Waals surface area contributed by atoms with E-state index in [1.54, 1.807) is 24.3 Å². The van der Waals surface area contributed by atoms with E-state index in [-0.39, 0.29) is 23.6 Å². The number of carbonyl (C=O) groups excluding carboxylic acids is 1. The molecule has 1 amide bonds. The Hall–Kier alpha value is -3.45. The van der Waals surface area contributed by atoms with Crippen LogP contribution >= 0.6 is 11.6 Å². The molecule has 1 N–H and O–H groups in total. The molecule has 0 radical (unpaired) electrons. The van der Waals surface area contributed by atoms with Crippen molar-refractivity contribution in [3.05, 3.63) is 81.9 Å². The second kappa shape index (κ2) is 7.66. The Morgan fingerprint density at radius 3 is 2.61 bits per heavy atom. The Morgan fingerprint density at radius 1 is 1.11 bits per heavy atom. The number of nitrogens with zero attached hydrogens (tertiary/aromatic N) is 3. The molecule has 0 atom stereocenters. The molecule has 0 saturated heterocycles. The van der Waals surface area contributed by atoms with Crippen LogP contribution < -0.4 is 10.9 Å². The van der Waals surface area contributed by atoms with E-state index in [0.717, 1.165) is 5.56 Å². The first-order valence-corrected chi connectivity index (χ1v) is 8.91. The topological polar surface area (TPSA) is 90.0 Å². The van der Waals surface area contributed by atoms with E-state index in [0.29, 0.717) is 22.8 Å². The summed E-state index contributed by atoms with van der Waals surface area (Å²) in [5.41, 5.74) is 1.74. The molecule has 0 aliphatic rings. The van der Waals surface area contributed by atoms with Gasteiger partial charge in [0.2, 0.25) is 5.91 Å². The number of nitrogens with one attached hydrogen (secondary N) is 1. The number of carbonyl (C=O) groups is 1. The smallest absolute Gasteiger partial charge is 0.267 e. The first-order valence-electron chi connectivity index (χ1n) is 8.53. The van der Waals surface area contributed by atoms with Crippen molar-refractivity contribution < 1.29 is 9.32 Å². The average molecular weight is 395 g/mol. The molecule has 0 fully saturated rings. The summed E-state index contributed by atoms with van der Waals surface area (Å²) in [6.45, 7) is 0.229. The number of hydrogen-bond donors (Lipinski definition) is 1. The monoisotopic (exact) mass is 394 g/mol. The lowest BCUT2D eigenvalue weighted by Gasteiger charge is -2.07. The third kappa shape index (κ3) is 3.65. The molecule has 4 aromatic rings. The molecule has 0 unspecified atom stereocenters. The molecule has 28 heavy (non-hydrogen) atoms. The van der Waals surface area contributed by atoms with Crippen LogP contribution in [0.2, 0.25) is 5.02 Å². The minimum atomic E-state index is -0.397. The summed E-state index contributed by atoms with van der Waals surface area (Å²) < 4.78 is 6.41. The highest BCUT2D eigenvalue weighted by molar-refractivity contribution is 6.30. The van der Waals surface area contributed by atoms with Gasteiger partial charge in [0.05, 0.1) is 0 Å². The Kier molecular flexibility index (Phi) is 4.90. The zero-order chi connectivity index (χ0) is 19.5. The number of halogens is 1. The third-order valence-electron chi connectivity index (χ3n) is 4.23. The van der Waals surface area contributed by atoms with E-state index >= 15 is 0 Å². The minimum absolute atomic E-state index is 0.121. The van der Waals surface area contributed by atoms with Crippen molar-refractivity contribution in [3.8, 4) is 11.3 Å². The van der Waals surface area contributed by atoms with Gasteiger partial charge in [-0.2, -0.15) is 0 Å². The number of hydrogen-bond acceptors (Lipinski definition) is 5. The van der Waals surface area contributed by atoms with Gasteiger partial charge in [0, 0.05) is 17.1 Å². The first kappa shape index (κ1) is 17.9. The van der Waals surface area contributed by atoms with Crippen LogP contribution in [-0.4, -0.2) is 20.6 Å². The molecule has 0 bridgehead atoms. The van der Waals surface area contributed by atoms with Gasteiger partial charge in [0.15, 0.2) is 0 Å². The van der Waals surface area contributed by atoms with Crippen LogP contribution in [-0.2, 0) is 17.9 Å². The summed E-state index contributed by atoms with van der Waals surface area (Å²) in [6.07, 6.45) is 1.28. The van der Waals surface area contributed by atoms with Gasteiger partial charge in [0.25, 0.3) is 11.3 Å². The van der Waals surface area contributed by atoms with Gasteiger partial charge in [-0.1, -0.05) is 59.2 Å². The van der Waals surface area contributed by atoms with Crippen LogP contribution in [0.5, 0.6) is 0 Å². The number of aromatic nitrogens is 3. The Balaban J connectivity index is 1.59. The molecule has 4 rings (SSSR count). The van der Waals surface area contributed by atoms with Crippen LogP contribution in [0.1, 0.15) is 5.56 Å². The molecule has 0 aliphatic carbocycles. The lowest BCUT2D eigenvalue weighted by atomic mass is 10.1. The predicted molar refractivity (Wildman–Crippen MR) is 105 cm³/mol. The average Bonchev–Trinajstić information content (AvgIpc) is 3.15. The van der Waals surface area contributed by atoms with Gasteiger partial charge in [-0.05, 0) is 17.7 Å². The molecular weight excluding hydrogens is 380 g/mol. The van der Waals surface area contributed by atoms with E-state index in [9.17, 15) is 9.59 Å². The number of amides is 1. The molecule has 0 aliphatic heterocycles. The van der Waals surface area contributed by atoms with Gasteiger partial charge in [-0.25, -0.2) is 4.98 Å². The second-order valence-corrected chi connectivity index (χ2v) is 6.59. The highest BCUT2D eigenvalue weighted by atomic mass is 35.5. The quantitative estimate of drug-likeness (QED) is 0.562. The highest BCUT2D eigenvalue weighted by Crippen LogP contribution is 2.25. The van der Waals surface area contributed by atoms with Crippen molar-refractivity contribution in [2.75, 3.05) is 0 Å². The number of benzene rings is 2. The van der Waals surface area contributed by atoms with Crippen LogP contribution in [0.15, 0.2) is 70.2 Å². The van der Waals surface area contributed by atoms with Crippen LogP contribution in [0, 0.1) is 0 Å². The van der Waals surface area contributed by atoms with Gasteiger partial charge in [0.1, 0.15) is 24.0 Å². The van der Waals surface area contributed by atoms with Gasteiger partial charge >= 0.3 is 0 Å². The fraction of sp³-hybridized carbons (Fsp3) is 0.100. The van der Waals surface area contributed by atoms with Crippen LogP contribution in [0.4, 0.5) is 0 Å². The summed E-state index contributed by atoms with van der Waals surface area (Å²) in [7, 11) is 0. The van der Waals surface area contributed by atoms with Gasteiger partial charge < -0.3 is 9.84 Å². The largest absolute Gasteiger partial charge is 0.350 e. The highest BCUT2D eigenvalue weighted by Gasteiger charge is 2.18. The maximum absolute atomic E-state index is 12.9. The van der Waals surface area contributed by atoms with Crippen molar-refractivity contribution in [1.29, 1.82) is 0 Å². The van der Waals surface area contributed by atoms with Crippen molar-refractivity contribution >= 4 is 28.6 Å². The molecule has 7 nitrogen and oxygen atoms in total. The zero-order valence-electron chi connectivity index (χ0n) is 14.6. The molecule has 2 heterocycles. The standard InChI is InChI=1S/C20H15ClN4O3/c21-15-8-6-14(7-9-15)18-17-19(28-24-18)23-12-25(20(17)27)11-16(26)22-10-13-4-2-1-3-5-13/h1-9,12H,10-11H2,(H,22,26). The molecule has 0 saturated carbocycles. The molecule has 8 heteroatoms. The lowest BCUT2D eigenvalue weighted by Crippen LogP contribution is -2.32. The van der Waals surface area contributed by atoms with Crippen molar-refractivity contribution in [2.24, 2.45) is 0 Å².